The molecule has 0 bridgehead atoms. The lowest BCUT2D eigenvalue weighted by molar-refractivity contribution is -0.154. The normalized spacial score (nSPS) is 32.1. The molecule has 6 N–H and O–H groups in total. The fourth-order valence-electron chi connectivity index (χ4n) is 4.13. The number of carbonyl (C=O) groups excluding carboxylic acids is 1. The van der Waals surface area contributed by atoms with Gasteiger partial charge in [0.2, 0.25) is 5.91 Å². The fraction of sp³-hybridized carbons (Fsp3) is 0.471. The van der Waals surface area contributed by atoms with Crippen LogP contribution in [0.3, 0.4) is 0 Å². The van der Waals surface area contributed by atoms with Gasteiger partial charge in [-0.25, -0.2) is 0 Å². The highest BCUT2D eigenvalue weighted by Crippen LogP contribution is 2.62. The van der Waals surface area contributed by atoms with Gasteiger partial charge in [0.1, 0.15) is 18.2 Å². The molecule has 0 aromatic heterocycles. The average molecular weight is 470 g/mol. The van der Waals surface area contributed by atoms with Crippen LogP contribution in [0, 0.1) is 17.8 Å². The number of rotatable bonds is 7. The zero-order valence-electron chi connectivity index (χ0n) is 14.7. The van der Waals surface area contributed by atoms with Crippen molar-refractivity contribution in [2.45, 2.75) is 24.3 Å². The first-order valence-corrected chi connectivity index (χ1v) is 9.09. The number of hydrogen-bond acceptors (Lipinski definition) is 6. The lowest BCUT2D eigenvalue weighted by Gasteiger charge is -2.34. The van der Waals surface area contributed by atoms with Gasteiger partial charge in [-0.3, -0.25) is 14.4 Å². The number of carboxylic acid groups (broad SMARTS) is 2. The van der Waals surface area contributed by atoms with E-state index in [1.165, 1.54) is 0 Å². The van der Waals surface area contributed by atoms with Gasteiger partial charge in [0.05, 0.1) is 28.6 Å². The standard InChI is InChI=1S/C17H18Cl2N2O7.ClH/c18-7-2-1-6(3-8(7)19)5-28-14-13(21-9(23)4-22)10-11(15(24)25)12(10)17(14,20)16(26)27;/h1-3,10-14,22H,4-5,20H2,(H,21,23)(H,24,25)(H,26,27);1H/t10-,11-,12-,13-,14+,17+;/m0./s1. The molecule has 0 aliphatic heterocycles. The summed E-state index contributed by atoms with van der Waals surface area (Å²) in [6, 6.07) is 3.74. The van der Waals surface area contributed by atoms with Gasteiger partial charge in [-0.1, -0.05) is 29.3 Å². The molecule has 0 unspecified atom stereocenters. The van der Waals surface area contributed by atoms with E-state index in [0.29, 0.717) is 10.6 Å². The molecule has 29 heavy (non-hydrogen) atoms. The van der Waals surface area contributed by atoms with E-state index in [0.717, 1.165) is 0 Å². The number of ether oxygens (including phenoxy) is 1. The third kappa shape index (κ3) is 4.03. The molecular formula is C17H19Cl3N2O7. The Balaban J connectivity index is 0.00000300. The van der Waals surface area contributed by atoms with E-state index in [9.17, 15) is 24.6 Å². The summed E-state index contributed by atoms with van der Waals surface area (Å²) in [5.74, 6) is -6.05. The van der Waals surface area contributed by atoms with Gasteiger partial charge >= 0.3 is 11.9 Å². The summed E-state index contributed by atoms with van der Waals surface area (Å²) in [6.45, 7) is -0.924. The molecular weight excluding hydrogens is 451 g/mol. The Morgan fingerprint density at radius 1 is 1.21 bits per heavy atom. The molecule has 160 valence electrons. The predicted molar refractivity (Wildman–Crippen MR) is 104 cm³/mol. The number of amides is 1. The molecule has 9 nitrogen and oxygen atoms in total. The van der Waals surface area contributed by atoms with Crippen molar-refractivity contribution >= 4 is 53.5 Å². The maximum absolute atomic E-state index is 12.0. The molecule has 1 aromatic carbocycles. The highest BCUT2D eigenvalue weighted by atomic mass is 35.5. The van der Waals surface area contributed by atoms with Crippen LogP contribution < -0.4 is 11.1 Å². The van der Waals surface area contributed by atoms with Crippen molar-refractivity contribution in [3.05, 3.63) is 33.8 Å². The number of aliphatic hydroxyl groups is 1. The zero-order chi connectivity index (χ0) is 20.8. The summed E-state index contributed by atoms with van der Waals surface area (Å²) in [7, 11) is 0. The van der Waals surface area contributed by atoms with Crippen molar-refractivity contribution in [3.8, 4) is 0 Å². The molecule has 2 aliphatic carbocycles. The number of aliphatic carboxylic acids is 2. The number of carboxylic acids is 2. The molecule has 12 heteroatoms. The maximum Gasteiger partial charge on any atom is 0.326 e. The van der Waals surface area contributed by atoms with Crippen molar-refractivity contribution in [2.24, 2.45) is 23.5 Å². The molecule has 0 saturated heterocycles. The first-order valence-electron chi connectivity index (χ1n) is 8.33. The molecule has 2 aliphatic rings. The molecule has 1 amide bonds. The Morgan fingerprint density at radius 2 is 1.86 bits per heavy atom. The van der Waals surface area contributed by atoms with Gasteiger partial charge in [0.15, 0.2) is 0 Å². The lowest BCUT2D eigenvalue weighted by Crippen LogP contribution is -2.64. The summed E-state index contributed by atoms with van der Waals surface area (Å²) in [6.07, 6.45) is -1.21. The number of fused-ring (bicyclic) bond motifs is 1. The van der Waals surface area contributed by atoms with Crippen LogP contribution >= 0.6 is 35.6 Å². The van der Waals surface area contributed by atoms with Crippen LogP contribution in [-0.2, 0) is 25.7 Å². The van der Waals surface area contributed by atoms with Gasteiger partial charge in [-0.2, -0.15) is 0 Å². The third-order valence-electron chi connectivity index (χ3n) is 5.38. The second-order valence-corrected chi connectivity index (χ2v) is 7.75. The van der Waals surface area contributed by atoms with Crippen LogP contribution in [0.1, 0.15) is 5.56 Å². The van der Waals surface area contributed by atoms with Crippen LogP contribution in [0.5, 0.6) is 0 Å². The number of halogens is 3. The molecule has 0 heterocycles. The second kappa shape index (κ2) is 8.63. The number of hydrogen-bond donors (Lipinski definition) is 5. The van der Waals surface area contributed by atoms with Gasteiger partial charge in [-0.15, -0.1) is 12.4 Å². The number of nitrogens with two attached hydrogens (primary N) is 1. The van der Waals surface area contributed by atoms with Crippen molar-refractivity contribution in [3.63, 3.8) is 0 Å². The van der Waals surface area contributed by atoms with Crippen LogP contribution in [0.2, 0.25) is 10.0 Å². The summed E-state index contributed by atoms with van der Waals surface area (Å²) >= 11 is 11.8. The minimum Gasteiger partial charge on any atom is -0.481 e. The van der Waals surface area contributed by atoms with E-state index in [2.05, 4.69) is 5.32 Å². The van der Waals surface area contributed by atoms with Crippen molar-refractivity contribution < 1.29 is 34.4 Å². The Bertz CT molecular complexity index is 839. The Hall–Kier alpha value is -1.62. The van der Waals surface area contributed by atoms with E-state index < -0.39 is 59.9 Å². The topological polar surface area (TPSA) is 159 Å². The number of nitrogens with one attached hydrogen (secondary N) is 1. The SMILES string of the molecule is Cl.N[C@]1(C(=O)O)[C@@H]2[C@@H](C(=O)O)[C@@H]2[C@H](NC(=O)CO)[C@H]1OCc1ccc(Cl)c(Cl)c1. The lowest BCUT2D eigenvalue weighted by atomic mass is 9.87. The molecule has 0 spiro atoms. The summed E-state index contributed by atoms with van der Waals surface area (Å²) < 4.78 is 5.75. The zero-order valence-corrected chi connectivity index (χ0v) is 17.1. The molecule has 2 fully saturated rings. The molecule has 0 radical (unpaired) electrons. The molecule has 2 saturated carbocycles. The smallest absolute Gasteiger partial charge is 0.326 e. The minimum atomic E-state index is -2.02. The highest BCUT2D eigenvalue weighted by Gasteiger charge is 2.78. The van der Waals surface area contributed by atoms with Crippen LogP contribution in [-0.4, -0.2) is 57.5 Å². The minimum absolute atomic E-state index is 0. The first-order chi connectivity index (χ1) is 13.1. The van der Waals surface area contributed by atoms with Crippen molar-refractivity contribution in [2.75, 3.05) is 6.61 Å². The quantitative estimate of drug-likeness (QED) is 0.386. The van der Waals surface area contributed by atoms with E-state index in [4.69, 9.17) is 38.8 Å². The van der Waals surface area contributed by atoms with E-state index in [1.807, 2.05) is 0 Å². The molecule has 1 aromatic rings. The van der Waals surface area contributed by atoms with Gasteiger partial charge < -0.3 is 31.1 Å². The Labute approximate surface area is 181 Å². The molecule has 3 rings (SSSR count). The molecule has 6 atom stereocenters. The monoisotopic (exact) mass is 468 g/mol. The first kappa shape index (κ1) is 23.7. The Kier molecular flexibility index (Phi) is 7.04. The Morgan fingerprint density at radius 3 is 2.38 bits per heavy atom. The van der Waals surface area contributed by atoms with Crippen LogP contribution in [0.4, 0.5) is 0 Å². The van der Waals surface area contributed by atoms with Crippen LogP contribution in [0.15, 0.2) is 18.2 Å². The highest BCUT2D eigenvalue weighted by molar-refractivity contribution is 6.42. The van der Waals surface area contributed by atoms with Crippen LogP contribution in [0.25, 0.3) is 0 Å². The van der Waals surface area contributed by atoms with Gasteiger partial charge in [0, 0.05) is 11.8 Å². The number of carbonyl (C=O) groups is 3. The van der Waals surface area contributed by atoms with Gasteiger partial charge in [0.25, 0.3) is 0 Å². The van der Waals surface area contributed by atoms with Crippen molar-refractivity contribution in [1.82, 2.24) is 5.32 Å². The predicted octanol–water partition coefficient (Wildman–Crippen LogP) is 0.520. The maximum atomic E-state index is 12.0. The van der Waals surface area contributed by atoms with E-state index in [1.54, 1.807) is 18.2 Å². The van der Waals surface area contributed by atoms with Gasteiger partial charge in [-0.05, 0) is 17.7 Å². The van der Waals surface area contributed by atoms with E-state index >= 15 is 0 Å². The second-order valence-electron chi connectivity index (χ2n) is 6.94. The third-order valence-corrected chi connectivity index (χ3v) is 6.12. The summed E-state index contributed by atoms with van der Waals surface area (Å²) in [4.78, 5) is 35.1. The van der Waals surface area contributed by atoms with E-state index in [-0.39, 0.29) is 24.0 Å². The van der Waals surface area contributed by atoms with Crippen molar-refractivity contribution in [1.29, 1.82) is 0 Å². The largest absolute Gasteiger partial charge is 0.481 e. The summed E-state index contributed by atoms with van der Waals surface area (Å²) in [5.41, 5.74) is 4.71. The summed E-state index contributed by atoms with van der Waals surface area (Å²) in [5, 5.41) is 31.2. The number of benzene rings is 1. The average Bonchev–Trinajstić information content (AvgIpc) is 3.34. The fourth-order valence-corrected chi connectivity index (χ4v) is 4.45. The number of aliphatic hydroxyl groups excluding tert-OH is 1.